The number of hydrogen-bond donors (Lipinski definition) is 12. The van der Waals surface area contributed by atoms with Crippen LogP contribution in [0, 0.1) is 5.92 Å². The van der Waals surface area contributed by atoms with Crippen LogP contribution < -0.4 is 55.3 Å². The zero-order valence-corrected chi connectivity index (χ0v) is 30.9. The number of phenols is 1. The average molecular weight is 755 g/mol. The van der Waals surface area contributed by atoms with Crippen molar-refractivity contribution in [3.8, 4) is 16.9 Å². The number of carbonyl (C=O) groups excluding carboxylic acids is 5. The maximum Gasteiger partial charge on any atom is 0.243 e. The third-order valence-electron chi connectivity index (χ3n) is 9.44. The summed E-state index contributed by atoms with van der Waals surface area (Å²) in [6.45, 7) is 2.51. The number of rotatable bonds is 17. The Balaban J connectivity index is 1.88. The molecule has 17 heteroatoms. The Hall–Kier alpha value is -4.65. The molecule has 1 aliphatic heterocycles. The van der Waals surface area contributed by atoms with Crippen molar-refractivity contribution < 1.29 is 34.2 Å². The van der Waals surface area contributed by atoms with Crippen molar-refractivity contribution >= 4 is 29.5 Å². The van der Waals surface area contributed by atoms with Crippen LogP contribution in [0.4, 0.5) is 0 Å². The lowest BCUT2D eigenvalue weighted by Gasteiger charge is -2.30. The molecule has 17 N–H and O–H groups in total. The number of fused-ring (bicyclic) bond motifs is 5. The van der Waals surface area contributed by atoms with Gasteiger partial charge < -0.3 is 65.5 Å². The molecular weight excluding hydrogens is 696 g/mol. The summed E-state index contributed by atoms with van der Waals surface area (Å²) in [5.74, 6) is -3.78. The number of aliphatic hydroxyl groups is 1. The zero-order chi connectivity index (χ0) is 39.8. The fraction of sp³-hybridized carbons (Fsp3) is 0.541. The van der Waals surface area contributed by atoms with E-state index >= 15 is 0 Å². The molecule has 0 aromatic heterocycles. The minimum Gasteiger partial charge on any atom is -0.508 e. The number of aliphatic hydroxyl groups excluding tert-OH is 1. The van der Waals surface area contributed by atoms with Gasteiger partial charge in [0, 0.05) is 57.4 Å². The molecule has 0 spiro atoms. The van der Waals surface area contributed by atoms with Crippen LogP contribution in [0.1, 0.15) is 50.2 Å². The predicted octanol–water partition coefficient (Wildman–Crippen LogP) is -2.68. The van der Waals surface area contributed by atoms with E-state index in [1.54, 1.807) is 24.3 Å². The Bertz CT molecular complexity index is 1580. The number of carbonyl (C=O) groups is 5. The molecule has 1 heterocycles. The van der Waals surface area contributed by atoms with E-state index in [4.69, 9.17) is 28.7 Å². The first-order valence-electron chi connectivity index (χ1n) is 18.4. The SMILES string of the molecule is C[C@H]([C@@H]1NC(=O)[C@@H](N)Cc2cc(ccc2O)-c2cccc(c2)C[C@@H](C(=O)N[C@@H](CCCN)C(=O)NCCC[C@H](N)CC(=O)NCCN)NC1=O)[C@@H](O)CN. The highest BCUT2D eigenvalue weighted by Gasteiger charge is 2.35. The molecule has 5 amide bonds. The quantitative estimate of drug-likeness (QED) is 0.0736. The van der Waals surface area contributed by atoms with Crippen molar-refractivity contribution in [2.45, 2.75) is 88.2 Å². The van der Waals surface area contributed by atoms with Gasteiger partial charge in [-0.05, 0) is 66.6 Å². The lowest BCUT2D eigenvalue weighted by atomic mass is 9.93. The van der Waals surface area contributed by atoms with Crippen LogP contribution in [0.2, 0.25) is 0 Å². The minimum atomic E-state index is -1.36. The van der Waals surface area contributed by atoms with Gasteiger partial charge in [0.1, 0.15) is 23.9 Å². The first-order chi connectivity index (χ1) is 25.8. The van der Waals surface area contributed by atoms with Gasteiger partial charge in [-0.1, -0.05) is 37.3 Å². The lowest BCUT2D eigenvalue weighted by Crippen LogP contribution is -2.61. The van der Waals surface area contributed by atoms with Crippen molar-refractivity contribution in [3.63, 3.8) is 0 Å². The largest absolute Gasteiger partial charge is 0.508 e. The second-order valence-electron chi connectivity index (χ2n) is 13.8. The van der Waals surface area contributed by atoms with Crippen molar-refractivity contribution in [3.05, 3.63) is 53.6 Å². The van der Waals surface area contributed by atoms with Crippen LogP contribution in [0.15, 0.2) is 42.5 Å². The van der Waals surface area contributed by atoms with Gasteiger partial charge in [0.25, 0.3) is 0 Å². The molecule has 17 nitrogen and oxygen atoms in total. The second-order valence-corrected chi connectivity index (χ2v) is 13.8. The summed E-state index contributed by atoms with van der Waals surface area (Å²) in [7, 11) is 0. The number of nitrogens with one attached hydrogen (secondary N) is 5. The number of benzene rings is 2. The number of aromatic hydroxyl groups is 1. The van der Waals surface area contributed by atoms with E-state index in [1.165, 1.54) is 13.0 Å². The molecule has 2 aromatic rings. The second kappa shape index (κ2) is 21.9. The molecule has 3 rings (SSSR count). The van der Waals surface area contributed by atoms with Crippen molar-refractivity contribution in [1.82, 2.24) is 26.6 Å². The summed E-state index contributed by atoms with van der Waals surface area (Å²) in [5, 5.41) is 34.8. The fourth-order valence-electron chi connectivity index (χ4n) is 6.16. The molecular formula is C37H58N10O7. The normalized spacial score (nSPS) is 19.8. The van der Waals surface area contributed by atoms with Gasteiger partial charge in [0.2, 0.25) is 29.5 Å². The summed E-state index contributed by atoms with van der Waals surface area (Å²) in [6, 6.07) is 7.03. The molecule has 54 heavy (non-hydrogen) atoms. The molecule has 0 radical (unpaired) electrons. The number of phenolic OH excluding ortho intramolecular Hbond substituents is 1. The van der Waals surface area contributed by atoms with E-state index in [0.29, 0.717) is 43.5 Å². The molecule has 1 aliphatic rings. The Morgan fingerprint density at radius 2 is 1.65 bits per heavy atom. The molecule has 2 aromatic carbocycles. The van der Waals surface area contributed by atoms with E-state index < -0.39 is 65.9 Å². The smallest absolute Gasteiger partial charge is 0.243 e. The van der Waals surface area contributed by atoms with Crippen LogP contribution in [0.5, 0.6) is 5.75 Å². The highest BCUT2D eigenvalue weighted by atomic mass is 16.3. The van der Waals surface area contributed by atoms with Gasteiger partial charge in [-0.25, -0.2) is 0 Å². The molecule has 0 unspecified atom stereocenters. The summed E-state index contributed by atoms with van der Waals surface area (Å²) >= 11 is 0. The third kappa shape index (κ3) is 13.3. The van der Waals surface area contributed by atoms with Gasteiger partial charge in [-0.15, -0.1) is 0 Å². The monoisotopic (exact) mass is 754 g/mol. The molecule has 0 saturated heterocycles. The first kappa shape index (κ1) is 43.8. The van der Waals surface area contributed by atoms with E-state index in [-0.39, 0.29) is 57.0 Å². The zero-order valence-electron chi connectivity index (χ0n) is 30.9. The summed E-state index contributed by atoms with van der Waals surface area (Å²) < 4.78 is 0. The van der Waals surface area contributed by atoms with Crippen LogP contribution >= 0.6 is 0 Å². The maximum absolute atomic E-state index is 14.1. The maximum atomic E-state index is 14.1. The first-order valence-corrected chi connectivity index (χ1v) is 18.4. The Morgan fingerprint density at radius 1 is 0.907 bits per heavy atom. The highest BCUT2D eigenvalue weighted by molar-refractivity contribution is 5.95. The molecule has 298 valence electrons. The standard InChI is InChI=1S/C37H58N10O7/c1-21(31(49)20-40)33-37(54)46-29(16-22-5-2-6-23(15-22)24-9-10-30(48)25(17-24)18-27(42)34(51)47-33)36(53)45-28(8-3-11-38)35(52)44-13-4-7-26(41)19-32(50)43-14-12-39/h2,5-6,9-10,15,17,21,26-29,31,33,48-49H,3-4,7-8,11-14,16,18-20,38-42H2,1H3,(H,43,50)(H,44,52)(H,45,53)(H,46,54)(H,47,51)/t21-,26-,27-,28-,29-,31-,33-/m0/s1. The van der Waals surface area contributed by atoms with Crippen LogP contribution in [0.25, 0.3) is 11.1 Å². The van der Waals surface area contributed by atoms with Gasteiger partial charge in [0.15, 0.2) is 0 Å². The Morgan fingerprint density at radius 3 is 2.35 bits per heavy atom. The topological polar surface area (TPSA) is 316 Å². The summed E-state index contributed by atoms with van der Waals surface area (Å²) in [6.07, 6.45) is 0.440. The number of nitrogens with two attached hydrogens (primary N) is 5. The summed E-state index contributed by atoms with van der Waals surface area (Å²) in [4.78, 5) is 66.7. The summed E-state index contributed by atoms with van der Waals surface area (Å²) in [5.41, 5.74) is 31.8. The minimum absolute atomic E-state index is 0.00761. The predicted molar refractivity (Wildman–Crippen MR) is 204 cm³/mol. The number of hydrogen-bond acceptors (Lipinski definition) is 12. The third-order valence-corrected chi connectivity index (χ3v) is 9.44. The van der Waals surface area contributed by atoms with E-state index in [9.17, 15) is 34.2 Å². The van der Waals surface area contributed by atoms with Gasteiger partial charge >= 0.3 is 0 Å². The van der Waals surface area contributed by atoms with E-state index in [2.05, 4.69) is 26.6 Å². The van der Waals surface area contributed by atoms with E-state index in [0.717, 1.165) is 11.1 Å². The van der Waals surface area contributed by atoms with Crippen LogP contribution in [-0.4, -0.2) is 109 Å². The van der Waals surface area contributed by atoms with Crippen LogP contribution in [-0.2, 0) is 36.8 Å². The Labute approximate surface area is 315 Å². The molecule has 0 aliphatic carbocycles. The van der Waals surface area contributed by atoms with Crippen molar-refractivity contribution in [2.24, 2.45) is 34.6 Å². The van der Waals surface area contributed by atoms with Crippen molar-refractivity contribution in [1.29, 1.82) is 0 Å². The lowest BCUT2D eigenvalue weighted by molar-refractivity contribution is -0.135. The molecule has 4 bridgehead atoms. The van der Waals surface area contributed by atoms with Crippen LogP contribution in [0.3, 0.4) is 0 Å². The highest BCUT2D eigenvalue weighted by Crippen LogP contribution is 2.28. The molecule has 0 saturated carbocycles. The molecule has 7 atom stereocenters. The van der Waals surface area contributed by atoms with Gasteiger partial charge in [0.05, 0.1) is 12.1 Å². The number of amides is 5. The fourth-order valence-corrected chi connectivity index (χ4v) is 6.16. The average Bonchev–Trinajstić information content (AvgIpc) is 3.15. The van der Waals surface area contributed by atoms with Gasteiger partial charge in [-0.3, -0.25) is 24.0 Å². The van der Waals surface area contributed by atoms with Crippen molar-refractivity contribution in [2.75, 3.05) is 32.7 Å². The molecule has 0 fully saturated rings. The Kier molecular flexibility index (Phi) is 17.7. The van der Waals surface area contributed by atoms with Gasteiger partial charge in [-0.2, -0.15) is 0 Å². The van der Waals surface area contributed by atoms with E-state index in [1.807, 2.05) is 12.1 Å².